The molecule has 6 heteroatoms. The van der Waals surface area contributed by atoms with Crippen LogP contribution in [0.4, 0.5) is 5.13 Å². The minimum absolute atomic E-state index is 0.746. The minimum atomic E-state index is 0.746. The summed E-state index contributed by atoms with van der Waals surface area (Å²) in [6.45, 7) is 7.57. The van der Waals surface area contributed by atoms with Crippen molar-refractivity contribution in [3.63, 3.8) is 0 Å². The van der Waals surface area contributed by atoms with E-state index in [1.807, 2.05) is 24.7 Å². The summed E-state index contributed by atoms with van der Waals surface area (Å²) in [7, 11) is 0. The zero-order chi connectivity index (χ0) is 11.5. The maximum atomic E-state index is 4.32. The number of aryl methyl sites for hydroxylation is 2. The van der Waals surface area contributed by atoms with E-state index < -0.39 is 0 Å². The first-order valence-electron chi connectivity index (χ1n) is 5.25. The Bertz CT molecular complexity index is 473. The quantitative estimate of drug-likeness (QED) is 0.881. The largest absolute Gasteiger partial charge is 0.362 e. The number of nitrogens with one attached hydrogen (secondary N) is 1. The summed E-state index contributed by atoms with van der Waals surface area (Å²) < 4.78 is 1.90. The van der Waals surface area contributed by atoms with Crippen molar-refractivity contribution >= 4 is 16.5 Å². The second-order valence-electron chi connectivity index (χ2n) is 3.53. The summed E-state index contributed by atoms with van der Waals surface area (Å²) >= 11 is 1.66. The summed E-state index contributed by atoms with van der Waals surface area (Å²) in [4.78, 5) is 9.74. The molecular formula is C10H15N5S. The van der Waals surface area contributed by atoms with Crippen molar-refractivity contribution in [1.82, 2.24) is 19.7 Å². The van der Waals surface area contributed by atoms with Crippen LogP contribution in [0.2, 0.25) is 0 Å². The molecule has 0 amide bonds. The molecule has 16 heavy (non-hydrogen) atoms. The van der Waals surface area contributed by atoms with Gasteiger partial charge in [0.05, 0.1) is 6.54 Å². The lowest BCUT2D eigenvalue weighted by Crippen LogP contribution is -2.02. The van der Waals surface area contributed by atoms with Crippen molar-refractivity contribution in [3.8, 4) is 0 Å². The Balaban J connectivity index is 2.11. The highest BCUT2D eigenvalue weighted by atomic mass is 32.1. The lowest BCUT2D eigenvalue weighted by Gasteiger charge is -1.99. The molecule has 0 aliphatic heterocycles. The van der Waals surface area contributed by atoms with Crippen molar-refractivity contribution in [2.75, 3.05) is 11.9 Å². The number of anilines is 1. The van der Waals surface area contributed by atoms with Gasteiger partial charge in [0.15, 0.2) is 5.13 Å². The molecule has 86 valence electrons. The van der Waals surface area contributed by atoms with Crippen LogP contribution >= 0.6 is 11.3 Å². The number of rotatable bonds is 4. The molecule has 0 spiro atoms. The molecule has 0 fully saturated rings. The van der Waals surface area contributed by atoms with Crippen molar-refractivity contribution in [2.45, 2.75) is 27.3 Å². The third-order valence-corrected chi connectivity index (χ3v) is 3.09. The fourth-order valence-corrected chi connectivity index (χ4v) is 2.33. The van der Waals surface area contributed by atoms with E-state index in [0.717, 1.165) is 29.9 Å². The molecule has 0 saturated carbocycles. The smallest absolute Gasteiger partial charge is 0.182 e. The predicted molar refractivity (Wildman–Crippen MR) is 64.9 cm³/mol. The Kier molecular flexibility index (Phi) is 3.19. The Morgan fingerprint density at radius 3 is 2.88 bits per heavy atom. The van der Waals surface area contributed by atoms with Gasteiger partial charge < -0.3 is 5.32 Å². The van der Waals surface area contributed by atoms with Crippen LogP contribution in [0.25, 0.3) is 0 Å². The third kappa shape index (κ3) is 2.38. The summed E-state index contributed by atoms with van der Waals surface area (Å²) in [5.41, 5.74) is 0. The Morgan fingerprint density at radius 2 is 2.25 bits per heavy atom. The number of aromatic nitrogens is 4. The molecule has 0 unspecified atom stereocenters. The summed E-state index contributed by atoms with van der Waals surface area (Å²) in [6, 6.07) is 0. The summed E-state index contributed by atoms with van der Waals surface area (Å²) in [5.74, 6) is 1.75. The molecule has 2 aromatic rings. The average Bonchev–Trinajstić information content (AvgIpc) is 2.76. The SMILES string of the molecule is CCNc1ncc(Cn2nc(C)nc2C)s1. The van der Waals surface area contributed by atoms with Gasteiger partial charge in [0.2, 0.25) is 0 Å². The van der Waals surface area contributed by atoms with Gasteiger partial charge in [0.1, 0.15) is 11.6 Å². The molecule has 5 nitrogen and oxygen atoms in total. The number of hydrogen-bond acceptors (Lipinski definition) is 5. The van der Waals surface area contributed by atoms with Crippen LogP contribution in [0, 0.1) is 13.8 Å². The highest BCUT2D eigenvalue weighted by Gasteiger charge is 2.06. The first-order valence-corrected chi connectivity index (χ1v) is 6.07. The van der Waals surface area contributed by atoms with Crippen LogP contribution in [0.15, 0.2) is 6.20 Å². The maximum Gasteiger partial charge on any atom is 0.182 e. The lowest BCUT2D eigenvalue weighted by molar-refractivity contribution is 0.662. The van der Waals surface area contributed by atoms with Gasteiger partial charge in [-0.15, -0.1) is 11.3 Å². The molecule has 2 heterocycles. The van der Waals surface area contributed by atoms with E-state index in [-0.39, 0.29) is 0 Å². The van der Waals surface area contributed by atoms with Gasteiger partial charge in [-0.1, -0.05) is 0 Å². The molecule has 0 aromatic carbocycles. The van der Waals surface area contributed by atoms with Crippen molar-refractivity contribution in [3.05, 3.63) is 22.7 Å². The molecule has 2 rings (SSSR count). The molecular weight excluding hydrogens is 222 g/mol. The van der Waals surface area contributed by atoms with Crippen LogP contribution in [0.3, 0.4) is 0 Å². The van der Waals surface area contributed by atoms with E-state index >= 15 is 0 Å². The van der Waals surface area contributed by atoms with Gasteiger partial charge in [-0.25, -0.2) is 14.6 Å². The fraction of sp³-hybridized carbons (Fsp3) is 0.500. The first kappa shape index (κ1) is 11.1. The molecule has 0 bridgehead atoms. The summed E-state index contributed by atoms with van der Waals surface area (Å²) in [5, 5.41) is 8.49. The zero-order valence-electron chi connectivity index (χ0n) is 9.69. The lowest BCUT2D eigenvalue weighted by atomic mass is 10.5. The van der Waals surface area contributed by atoms with Crippen LogP contribution in [-0.4, -0.2) is 26.3 Å². The maximum absolute atomic E-state index is 4.32. The normalized spacial score (nSPS) is 10.7. The van der Waals surface area contributed by atoms with E-state index in [4.69, 9.17) is 0 Å². The van der Waals surface area contributed by atoms with E-state index in [1.165, 1.54) is 4.88 Å². The molecule has 0 saturated heterocycles. The molecule has 1 N–H and O–H groups in total. The number of hydrogen-bond donors (Lipinski definition) is 1. The van der Waals surface area contributed by atoms with Crippen LogP contribution in [0.1, 0.15) is 23.4 Å². The van der Waals surface area contributed by atoms with E-state index in [0.29, 0.717) is 0 Å². The number of nitrogens with zero attached hydrogens (tertiary/aromatic N) is 4. The minimum Gasteiger partial charge on any atom is -0.362 e. The molecule has 2 aromatic heterocycles. The van der Waals surface area contributed by atoms with Crippen molar-refractivity contribution in [1.29, 1.82) is 0 Å². The molecule has 0 radical (unpaired) electrons. The second kappa shape index (κ2) is 4.61. The van der Waals surface area contributed by atoms with Crippen molar-refractivity contribution in [2.24, 2.45) is 0 Å². The first-order chi connectivity index (χ1) is 7.69. The second-order valence-corrected chi connectivity index (χ2v) is 4.64. The highest BCUT2D eigenvalue weighted by Crippen LogP contribution is 2.18. The molecule has 0 atom stereocenters. The van der Waals surface area contributed by atoms with Crippen LogP contribution in [0.5, 0.6) is 0 Å². The van der Waals surface area contributed by atoms with E-state index in [2.05, 4.69) is 27.3 Å². The van der Waals surface area contributed by atoms with Crippen molar-refractivity contribution < 1.29 is 0 Å². The van der Waals surface area contributed by atoms with Gasteiger partial charge in [-0.05, 0) is 20.8 Å². The number of thiazole rings is 1. The average molecular weight is 237 g/mol. The van der Waals surface area contributed by atoms with E-state index in [1.54, 1.807) is 11.3 Å². The van der Waals surface area contributed by atoms with Crippen LogP contribution in [-0.2, 0) is 6.54 Å². The van der Waals surface area contributed by atoms with Crippen LogP contribution < -0.4 is 5.32 Å². The molecule has 0 aliphatic rings. The predicted octanol–water partition coefficient (Wildman–Crippen LogP) is 1.83. The Labute approximate surface area is 98.5 Å². The highest BCUT2D eigenvalue weighted by molar-refractivity contribution is 7.15. The van der Waals surface area contributed by atoms with Gasteiger partial charge in [0.25, 0.3) is 0 Å². The molecule has 0 aliphatic carbocycles. The monoisotopic (exact) mass is 237 g/mol. The van der Waals surface area contributed by atoms with Gasteiger partial charge >= 0.3 is 0 Å². The van der Waals surface area contributed by atoms with E-state index in [9.17, 15) is 0 Å². The Hall–Kier alpha value is -1.43. The summed E-state index contributed by atoms with van der Waals surface area (Å²) in [6.07, 6.45) is 1.89. The standard InChI is InChI=1S/C10H15N5S/c1-4-11-10-12-5-9(16-10)6-15-8(3)13-7(2)14-15/h5H,4,6H2,1-3H3,(H,11,12). The Morgan fingerprint density at radius 1 is 1.44 bits per heavy atom. The zero-order valence-corrected chi connectivity index (χ0v) is 10.5. The fourth-order valence-electron chi connectivity index (χ4n) is 1.47. The van der Waals surface area contributed by atoms with Gasteiger partial charge in [-0.3, -0.25) is 0 Å². The third-order valence-electron chi connectivity index (χ3n) is 2.15. The van der Waals surface area contributed by atoms with Gasteiger partial charge in [-0.2, -0.15) is 5.10 Å². The van der Waals surface area contributed by atoms with Gasteiger partial charge in [0, 0.05) is 17.6 Å². The topological polar surface area (TPSA) is 55.6 Å².